The highest BCUT2D eigenvalue weighted by molar-refractivity contribution is 5.19. The number of nitrogens with zero attached hydrogens (tertiary/aromatic N) is 1. The summed E-state index contributed by atoms with van der Waals surface area (Å²) < 4.78 is 0. The van der Waals surface area contributed by atoms with E-state index in [1.54, 1.807) is 6.08 Å². The van der Waals surface area contributed by atoms with Gasteiger partial charge in [0.05, 0.1) is 0 Å². The Bertz CT molecular complexity index is 237. The van der Waals surface area contributed by atoms with Gasteiger partial charge in [-0.2, -0.15) is 0 Å². The summed E-state index contributed by atoms with van der Waals surface area (Å²) in [6.07, 6.45) is 8.25. The molecule has 0 aromatic rings. The first-order valence-electron chi connectivity index (χ1n) is 5.62. The minimum absolute atomic E-state index is 0.708. The molecule has 1 heterocycles. The molecular formula is C13H22N2. The van der Waals surface area contributed by atoms with Crippen molar-refractivity contribution in [2.75, 3.05) is 26.7 Å². The van der Waals surface area contributed by atoms with Crippen LogP contribution in [-0.2, 0) is 0 Å². The van der Waals surface area contributed by atoms with E-state index in [0.29, 0.717) is 6.04 Å². The van der Waals surface area contributed by atoms with Gasteiger partial charge in [0.15, 0.2) is 0 Å². The number of piperidine rings is 1. The molecule has 84 valence electrons. The van der Waals surface area contributed by atoms with E-state index in [0.717, 1.165) is 25.2 Å². The monoisotopic (exact) mass is 206 g/mol. The molecule has 2 heteroatoms. The minimum atomic E-state index is 0.708. The van der Waals surface area contributed by atoms with Gasteiger partial charge < -0.3 is 5.32 Å². The summed E-state index contributed by atoms with van der Waals surface area (Å²) in [7, 11) is 2.18. The predicted molar refractivity (Wildman–Crippen MR) is 67.0 cm³/mol. The topological polar surface area (TPSA) is 15.3 Å². The van der Waals surface area contributed by atoms with E-state index in [9.17, 15) is 0 Å². The summed E-state index contributed by atoms with van der Waals surface area (Å²) in [4.78, 5) is 2.40. The normalized spacial score (nSPS) is 18.5. The number of nitrogens with one attached hydrogen (secondary N) is 1. The van der Waals surface area contributed by atoms with E-state index in [1.807, 2.05) is 12.2 Å². The van der Waals surface area contributed by atoms with Crippen LogP contribution in [0.4, 0.5) is 0 Å². The van der Waals surface area contributed by atoms with Crippen LogP contribution in [0.15, 0.2) is 37.0 Å². The first-order valence-corrected chi connectivity index (χ1v) is 5.62. The molecule has 0 spiro atoms. The third-order valence-corrected chi connectivity index (χ3v) is 2.85. The largest absolute Gasteiger partial charge is 0.317 e. The van der Waals surface area contributed by atoms with Crippen molar-refractivity contribution in [1.82, 2.24) is 10.2 Å². The van der Waals surface area contributed by atoms with Gasteiger partial charge in [-0.15, -0.1) is 0 Å². The molecule has 0 radical (unpaired) electrons. The van der Waals surface area contributed by atoms with Crippen LogP contribution in [0.3, 0.4) is 0 Å². The minimum Gasteiger partial charge on any atom is -0.317 e. The number of hydrogen-bond acceptors (Lipinski definition) is 2. The molecule has 0 unspecified atom stereocenters. The van der Waals surface area contributed by atoms with Gasteiger partial charge in [0, 0.05) is 12.6 Å². The highest BCUT2D eigenvalue weighted by Gasteiger charge is 2.17. The van der Waals surface area contributed by atoms with Crippen molar-refractivity contribution in [3.05, 3.63) is 37.0 Å². The maximum absolute atomic E-state index is 4.04. The van der Waals surface area contributed by atoms with Gasteiger partial charge in [0.2, 0.25) is 0 Å². The summed E-state index contributed by atoms with van der Waals surface area (Å²) in [5.41, 5.74) is 1.15. The first kappa shape index (κ1) is 12.2. The second-order valence-corrected chi connectivity index (χ2v) is 4.15. The Balaban J connectivity index is 2.33. The maximum Gasteiger partial charge on any atom is 0.0227 e. The van der Waals surface area contributed by atoms with Crippen molar-refractivity contribution in [3.63, 3.8) is 0 Å². The molecule has 1 saturated heterocycles. The Morgan fingerprint density at radius 3 is 2.73 bits per heavy atom. The fourth-order valence-electron chi connectivity index (χ4n) is 1.95. The second kappa shape index (κ2) is 6.59. The number of likely N-dealkylation sites (N-methyl/N-ethyl adjacent to an activating group) is 1. The fourth-order valence-corrected chi connectivity index (χ4v) is 1.95. The molecule has 0 atom stereocenters. The van der Waals surface area contributed by atoms with Gasteiger partial charge in [0.25, 0.3) is 0 Å². The second-order valence-electron chi connectivity index (χ2n) is 4.15. The lowest BCUT2D eigenvalue weighted by Gasteiger charge is -2.31. The average molecular weight is 206 g/mol. The van der Waals surface area contributed by atoms with Crippen molar-refractivity contribution >= 4 is 0 Å². The number of rotatable bonds is 5. The lowest BCUT2D eigenvalue weighted by molar-refractivity contribution is 0.215. The van der Waals surface area contributed by atoms with Crippen LogP contribution in [0, 0.1) is 0 Å². The predicted octanol–water partition coefficient (Wildman–Crippen LogP) is 1.97. The summed E-state index contributed by atoms with van der Waals surface area (Å²) >= 11 is 0. The van der Waals surface area contributed by atoms with E-state index < -0.39 is 0 Å². The molecule has 0 aromatic heterocycles. The Morgan fingerprint density at radius 1 is 1.47 bits per heavy atom. The zero-order valence-electron chi connectivity index (χ0n) is 9.71. The molecule has 15 heavy (non-hydrogen) atoms. The van der Waals surface area contributed by atoms with Crippen molar-refractivity contribution in [2.45, 2.75) is 18.9 Å². The van der Waals surface area contributed by atoms with Gasteiger partial charge in [-0.25, -0.2) is 0 Å². The van der Waals surface area contributed by atoms with Gasteiger partial charge in [-0.05, 0) is 38.6 Å². The van der Waals surface area contributed by atoms with E-state index in [-0.39, 0.29) is 0 Å². The molecule has 2 nitrogen and oxygen atoms in total. The summed E-state index contributed by atoms with van der Waals surface area (Å²) in [5, 5.41) is 3.38. The zero-order valence-corrected chi connectivity index (χ0v) is 9.71. The molecule has 1 aliphatic heterocycles. The summed E-state index contributed by atoms with van der Waals surface area (Å²) in [6, 6.07) is 0.708. The molecule has 1 rings (SSSR count). The molecule has 0 aliphatic carbocycles. The molecule has 1 N–H and O–H groups in total. The Morgan fingerprint density at radius 2 is 2.13 bits per heavy atom. The molecule has 0 bridgehead atoms. The third-order valence-electron chi connectivity index (χ3n) is 2.85. The van der Waals surface area contributed by atoms with Crippen LogP contribution >= 0.6 is 0 Å². The van der Waals surface area contributed by atoms with Crippen LogP contribution < -0.4 is 5.32 Å². The van der Waals surface area contributed by atoms with Crippen molar-refractivity contribution in [2.24, 2.45) is 0 Å². The van der Waals surface area contributed by atoms with Gasteiger partial charge in [-0.3, -0.25) is 4.90 Å². The SMILES string of the molecule is C=C/C=C\C(=C)CN(C)C1CCNCC1. The van der Waals surface area contributed by atoms with Crippen molar-refractivity contribution in [1.29, 1.82) is 0 Å². The smallest absolute Gasteiger partial charge is 0.0227 e. The van der Waals surface area contributed by atoms with Crippen LogP contribution in [0.25, 0.3) is 0 Å². The molecular weight excluding hydrogens is 184 g/mol. The summed E-state index contributed by atoms with van der Waals surface area (Å²) in [6.45, 7) is 10.9. The molecule has 1 aliphatic rings. The van der Waals surface area contributed by atoms with E-state index in [2.05, 4.69) is 30.4 Å². The van der Waals surface area contributed by atoms with Gasteiger partial charge in [-0.1, -0.05) is 31.4 Å². The average Bonchev–Trinajstić information content (AvgIpc) is 2.27. The third kappa shape index (κ3) is 4.45. The van der Waals surface area contributed by atoms with E-state index in [1.165, 1.54) is 12.8 Å². The molecule has 1 fully saturated rings. The quantitative estimate of drug-likeness (QED) is 0.692. The van der Waals surface area contributed by atoms with Crippen molar-refractivity contribution in [3.8, 4) is 0 Å². The summed E-state index contributed by atoms with van der Waals surface area (Å²) in [5.74, 6) is 0. The number of hydrogen-bond donors (Lipinski definition) is 1. The number of allylic oxidation sites excluding steroid dienone is 2. The van der Waals surface area contributed by atoms with E-state index >= 15 is 0 Å². The van der Waals surface area contributed by atoms with Crippen LogP contribution in [0.1, 0.15) is 12.8 Å². The Kier molecular flexibility index (Phi) is 5.37. The van der Waals surface area contributed by atoms with Gasteiger partial charge >= 0.3 is 0 Å². The lowest BCUT2D eigenvalue weighted by Crippen LogP contribution is -2.41. The molecule has 0 saturated carbocycles. The van der Waals surface area contributed by atoms with Crippen LogP contribution in [-0.4, -0.2) is 37.6 Å². The lowest BCUT2D eigenvalue weighted by atomic mass is 10.0. The highest BCUT2D eigenvalue weighted by atomic mass is 15.1. The standard InChI is InChI=1S/C13H22N2/c1-4-5-6-12(2)11-15(3)13-7-9-14-10-8-13/h4-6,13-14H,1-2,7-11H2,3H3/b6-5-. The maximum atomic E-state index is 4.04. The molecule has 0 amide bonds. The first-order chi connectivity index (χ1) is 7.24. The Hall–Kier alpha value is -0.860. The van der Waals surface area contributed by atoms with E-state index in [4.69, 9.17) is 0 Å². The van der Waals surface area contributed by atoms with Crippen LogP contribution in [0.5, 0.6) is 0 Å². The highest BCUT2D eigenvalue weighted by Crippen LogP contribution is 2.11. The Labute approximate surface area is 93.4 Å². The molecule has 0 aromatic carbocycles. The van der Waals surface area contributed by atoms with Crippen molar-refractivity contribution < 1.29 is 0 Å². The zero-order chi connectivity index (χ0) is 11.1. The fraction of sp³-hybridized carbons (Fsp3) is 0.538. The van der Waals surface area contributed by atoms with Crippen LogP contribution in [0.2, 0.25) is 0 Å². The van der Waals surface area contributed by atoms with Gasteiger partial charge in [0.1, 0.15) is 0 Å².